The standard InChI is InChI=1S/C30H32O2/c1-24(2)27-18-20-29(21-19-27)32-23-9-4-3-6-10-25-13-15-26(16-14-25)17-22-30(31)28-11-7-5-8-12-28/h5,7-8,11-22H,1,3-4,6,9-10,23H2,2H3. The highest BCUT2D eigenvalue weighted by Gasteiger charge is 2.00. The van der Waals surface area contributed by atoms with E-state index < -0.39 is 0 Å². The second-order valence-electron chi connectivity index (χ2n) is 8.12. The topological polar surface area (TPSA) is 26.3 Å². The van der Waals surface area contributed by atoms with E-state index in [9.17, 15) is 4.79 Å². The maximum absolute atomic E-state index is 12.2. The number of carbonyl (C=O) groups excluding carboxylic acids is 1. The van der Waals surface area contributed by atoms with Crippen LogP contribution >= 0.6 is 0 Å². The van der Waals surface area contributed by atoms with Crippen LogP contribution in [0.4, 0.5) is 0 Å². The van der Waals surface area contributed by atoms with Crippen molar-refractivity contribution in [3.63, 3.8) is 0 Å². The third-order valence-corrected chi connectivity index (χ3v) is 5.44. The van der Waals surface area contributed by atoms with Gasteiger partial charge in [-0.15, -0.1) is 0 Å². The van der Waals surface area contributed by atoms with Crippen molar-refractivity contribution in [2.24, 2.45) is 0 Å². The van der Waals surface area contributed by atoms with Gasteiger partial charge in [-0.25, -0.2) is 0 Å². The molecular formula is C30H32O2. The molecule has 0 spiro atoms. The summed E-state index contributed by atoms with van der Waals surface area (Å²) in [4.78, 5) is 12.2. The number of hydrogen-bond donors (Lipinski definition) is 0. The van der Waals surface area contributed by atoms with Crippen LogP contribution in [0.1, 0.15) is 59.7 Å². The largest absolute Gasteiger partial charge is 0.494 e. The fourth-order valence-corrected chi connectivity index (χ4v) is 3.48. The van der Waals surface area contributed by atoms with Crippen LogP contribution in [0.3, 0.4) is 0 Å². The molecule has 0 amide bonds. The third-order valence-electron chi connectivity index (χ3n) is 5.44. The summed E-state index contributed by atoms with van der Waals surface area (Å²) in [6, 6.07) is 26.0. The van der Waals surface area contributed by atoms with E-state index >= 15 is 0 Å². The summed E-state index contributed by atoms with van der Waals surface area (Å²) < 4.78 is 5.83. The molecule has 3 aromatic carbocycles. The van der Waals surface area contributed by atoms with Crippen molar-refractivity contribution >= 4 is 17.4 Å². The molecule has 0 atom stereocenters. The van der Waals surface area contributed by atoms with E-state index in [4.69, 9.17) is 4.74 Å². The fourth-order valence-electron chi connectivity index (χ4n) is 3.48. The predicted octanol–water partition coefficient (Wildman–Crippen LogP) is 7.80. The second-order valence-corrected chi connectivity index (χ2v) is 8.12. The van der Waals surface area contributed by atoms with Gasteiger partial charge in [0.1, 0.15) is 5.75 Å². The summed E-state index contributed by atoms with van der Waals surface area (Å²) in [7, 11) is 0. The predicted molar refractivity (Wildman–Crippen MR) is 135 cm³/mol. The van der Waals surface area contributed by atoms with Crippen molar-refractivity contribution < 1.29 is 9.53 Å². The van der Waals surface area contributed by atoms with E-state index in [1.54, 1.807) is 6.08 Å². The minimum atomic E-state index is 0.0301. The van der Waals surface area contributed by atoms with Crippen LogP contribution < -0.4 is 4.74 Å². The maximum Gasteiger partial charge on any atom is 0.185 e. The number of ether oxygens (including phenoxy) is 1. The molecule has 0 N–H and O–H groups in total. The minimum absolute atomic E-state index is 0.0301. The Morgan fingerprint density at radius 2 is 1.50 bits per heavy atom. The van der Waals surface area contributed by atoms with Gasteiger partial charge in [0.15, 0.2) is 5.78 Å². The molecule has 3 aromatic rings. The molecule has 164 valence electrons. The molecular weight excluding hydrogens is 392 g/mol. The Labute approximate surface area is 192 Å². The first-order valence-electron chi connectivity index (χ1n) is 11.4. The molecule has 0 unspecified atom stereocenters. The molecule has 0 aromatic heterocycles. The zero-order valence-corrected chi connectivity index (χ0v) is 18.9. The zero-order chi connectivity index (χ0) is 22.6. The lowest BCUT2D eigenvalue weighted by molar-refractivity contribution is 0.104. The number of carbonyl (C=O) groups is 1. The lowest BCUT2D eigenvalue weighted by Gasteiger charge is -2.07. The average Bonchev–Trinajstić information content (AvgIpc) is 2.83. The zero-order valence-electron chi connectivity index (χ0n) is 18.9. The molecule has 0 aliphatic carbocycles. The van der Waals surface area contributed by atoms with E-state index in [-0.39, 0.29) is 5.78 Å². The number of rotatable bonds is 12. The highest BCUT2D eigenvalue weighted by Crippen LogP contribution is 2.17. The van der Waals surface area contributed by atoms with Crippen molar-refractivity contribution in [2.45, 2.75) is 39.0 Å². The molecule has 32 heavy (non-hydrogen) atoms. The van der Waals surface area contributed by atoms with Gasteiger partial charge in [0.25, 0.3) is 0 Å². The number of allylic oxidation sites excluding steroid dienone is 2. The molecule has 0 saturated heterocycles. The van der Waals surface area contributed by atoms with E-state index in [0.29, 0.717) is 5.56 Å². The Bertz CT molecular complexity index is 1010. The molecule has 3 rings (SSSR count). The van der Waals surface area contributed by atoms with Crippen LogP contribution in [0.2, 0.25) is 0 Å². The smallest absolute Gasteiger partial charge is 0.185 e. The minimum Gasteiger partial charge on any atom is -0.494 e. The Kier molecular flexibility index (Phi) is 9.06. The van der Waals surface area contributed by atoms with Crippen molar-refractivity contribution in [1.82, 2.24) is 0 Å². The second kappa shape index (κ2) is 12.5. The number of hydrogen-bond acceptors (Lipinski definition) is 2. The van der Waals surface area contributed by atoms with Crippen LogP contribution in [-0.2, 0) is 6.42 Å². The van der Waals surface area contributed by atoms with E-state index in [2.05, 4.69) is 43.0 Å². The molecule has 0 bridgehead atoms. The monoisotopic (exact) mass is 424 g/mol. The Balaban J connectivity index is 1.30. The van der Waals surface area contributed by atoms with Crippen LogP contribution in [0, 0.1) is 0 Å². The van der Waals surface area contributed by atoms with Gasteiger partial charge in [-0.2, -0.15) is 0 Å². The first-order chi connectivity index (χ1) is 15.6. The van der Waals surface area contributed by atoms with Gasteiger partial charge in [0, 0.05) is 5.56 Å². The van der Waals surface area contributed by atoms with Gasteiger partial charge >= 0.3 is 0 Å². The number of ketones is 1. The Morgan fingerprint density at radius 3 is 2.19 bits per heavy atom. The average molecular weight is 425 g/mol. The Morgan fingerprint density at radius 1 is 0.812 bits per heavy atom. The lowest BCUT2D eigenvalue weighted by Crippen LogP contribution is -1.97. The van der Waals surface area contributed by atoms with Crippen LogP contribution in [0.5, 0.6) is 5.75 Å². The third kappa shape index (κ3) is 7.70. The number of unbranched alkanes of at least 4 members (excludes halogenated alkanes) is 3. The summed E-state index contributed by atoms with van der Waals surface area (Å²) in [6.07, 6.45) is 9.22. The lowest BCUT2D eigenvalue weighted by atomic mass is 10.0. The molecule has 0 saturated carbocycles. The highest BCUT2D eigenvalue weighted by atomic mass is 16.5. The van der Waals surface area contributed by atoms with E-state index in [1.807, 2.05) is 55.5 Å². The molecule has 2 nitrogen and oxygen atoms in total. The first kappa shape index (κ1) is 23.3. The van der Waals surface area contributed by atoms with Crippen molar-refractivity contribution in [1.29, 1.82) is 0 Å². The van der Waals surface area contributed by atoms with Gasteiger partial charge in [0.2, 0.25) is 0 Å². The van der Waals surface area contributed by atoms with Crippen LogP contribution in [-0.4, -0.2) is 12.4 Å². The number of aryl methyl sites for hydroxylation is 1. The number of benzene rings is 3. The molecule has 0 aliphatic heterocycles. The summed E-state index contributed by atoms with van der Waals surface area (Å²) in [5.41, 5.74) is 5.33. The molecule has 2 heteroatoms. The van der Waals surface area contributed by atoms with Gasteiger partial charge in [0.05, 0.1) is 6.61 Å². The quantitative estimate of drug-likeness (QED) is 0.168. The van der Waals surface area contributed by atoms with Crippen molar-refractivity contribution in [3.05, 3.63) is 114 Å². The summed E-state index contributed by atoms with van der Waals surface area (Å²) in [5.74, 6) is 0.956. The summed E-state index contributed by atoms with van der Waals surface area (Å²) in [6.45, 7) is 6.72. The van der Waals surface area contributed by atoms with Gasteiger partial charge in [-0.05, 0) is 61.1 Å². The summed E-state index contributed by atoms with van der Waals surface area (Å²) >= 11 is 0. The molecule has 0 heterocycles. The van der Waals surface area contributed by atoms with Gasteiger partial charge < -0.3 is 4.74 Å². The van der Waals surface area contributed by atoms with Crippen molar-refractivity contribution in [3.8, 4) is 5.75 Å². The summed E-state index contributed by atoms with van der Waals surface area (Å²) in [5, 5.41) is 0. The SMILES string of the molecule is C=C(C)c1ccc(OCCCCCCc2ccc(C=CC(=O)c3ccccc3)cc2)cc1. The van der Waals surface area contributed by atoms with Crippen LogP contribution in [0.25, 0.3) is 11.6 Å². The molecule has 0 aliphatic rings. The fraction of sp³-hybridized carbons (Fsp3) is 0.233. The van der Waals surface area contributed by atoms with Gasteiger partial charge in [-0.1, -0.05) is 97.8 Å². The maximum atomic E-state index is 12.2. The normalized spacial score (nSPS) is 10.9. The molecule has 0 radical (unpaired) electrons. The highest BCUT2D eigenvalue weighted by molar-refractivity contribution is 6.06. The molecule has 0 fully saturated rings. The van der Waals surface area contributed by atoms with E-state index in [0.717, 1.165) is 41.9 Å². The van der Waals surface area contributed by atoms with Crippen molar-refractivity contribution in [2.75, 3.05) is 6.61 Å². The van der Waals surface area contributed by atoms with Gasteiger partial charge in [-0.3, -0.25) is 4.79 Å². The first-order valence-corrected chi connectivity index (χ1v) is 11.4. The van der Waals surface area contributed by atoms with Crippen LogP contribution in [0.15, 0.2) is 91.5 Å². The Hall–Kier alpha value is -3.39. The van der Waals surface area contributed by atoms with E-state index in [1.165, 1.54) is 24.8 Å².